The third-order valence-electron chi connectivity index (χ3n) is 4.53. The largest absolute Gasteiger partial charge is 0.373 e. The fraction of sp³-hybridized carbons (Fsp3) is 0.600. The molecular weight excluding hydrogens is 274 g/mol. The highest BCUT2D eigenvalue weighted by molar-refractivity contribution is 6.33. The van der Waals surface area contributed by atoms with Crippen LogP contribution in [0, 0.1) is 5.41 Å². The summed E-state index contributed by atoms with van der Waals surface area (Å²) in [4.78, 5) is 18.8. The zero-order valence-corrected chi connectivity index (χ0v) is 13.1. The van der Waals surface area contributed by atoms with E-state index in [9.17, 15) is 4.79 Å². The number of nitrogens with zero attached hydrogens (tertiary/aromatic N) is 2. The Labute approximate surface area is 125 Å². The van der Waals surface area contributed by atoms with E-state index >= 15 is 0 Å². The number of carbonyl (C=O) groups excluding carboxylic acids is 1. The minimum absolute atomic E-state index is 0.0594. The Hall–Kier alpha value is -1.29. The van der Waals surface area contributed by atoms with Crippen LogP contribution in [0.3, 0.4) is 0 Å². The number of carbonyl (C=O) groups is 1. The predicted molar refractivity (Wildman–Crippen MR) is 82.3 cm³/mol. The second-order valence-electron chi connectivity index (χ2n) is 5.46. The van der Waals surface area contributed by atoms with Gasteiger partial charge < -0.3 is 10.2 Å². The van der Waals surface area contributed by atoms with Gasteiger partial charge in [-0.2, -0.15) is 0 Å². The van der Waals surface area contributed by atoms with Gasteiger partial charge in [-0.25, -0.2) is 4.98 Å². The van der Waals surface area contributed by atoms with Crippen molar-refractivity contribution >= 4 is 23.3 Å². The van der Waals surface area contributed by atoms with Gasteiger partial charge in [-0.1, -0.05) is 25.4 Å². The number of aromatic nitrogens is 1. The third kappa shape index (κ3) is 2.75. The van der Waals surface area contributed by atoms with Gasteiger partial charge >= 0.3 is 0 Å². The highest BCUT2D eigenvalue weighted by Crippen LogP contribution is 2.37. The number of rotatable bonds is 4. The molecule has 0 radical (unpaired) electrons. The molecule has 1 saturated heterocycles. The summed E-state index contributed by atoms with van der Waals surface area (Å²) in [5.74, 6) is 0.602. The van der Waals surface area contributed by atoms with Gasteiger partial charge in [0.1, 0.15) is 11.5 Å². The number of likely N-dealkylation sites (tertiary alicyclic amines) is 1. The first-order valence-corrected chi connectivity index (χ1v) is 7.56. The van der Waals surface area contributed by atoms with Crippen LogP contribution in [0.4, 0.5) is 5.82 Å². The molecule has 0 bridgehead atoms. The second-order valence-corrected chi connectivity index (χ2v) is 5.87. The van der Waals surface area contributed by atoms with Crippen molar-refractivity contribution in [2.75, 3.05) is 25.5 Å². The summed E-state index contributed by atoms with van der Waals surface area (Å²) in [6, 6.07) is 3.49. The van der Waals surface area contributed by atoms with E-state index in [0.717, 1.165) is 32.4 Å². The summed E-state index contributed by atoms with van der Waals surface area (Å²) in [6.07, 6.45) is 3.27. The summed E-state index contributed by atoms with van der Waals surface area (Å²) in [6.45, 7) is 6.00. The molecule has 0 unspecified atom stereocenters. The summed E-state index contributed by atoms with van der Waals surface area (Å²) >= 11 is 6.13. The molecule has 1 aromatic rings. The number of hydrogen-bond acceptors (Lipinski definition) is 3. The van der Waals surface area contributed by atoms with Crippen molar-refractivity contribution in [1.29, 1.82) is 0 Å². The van der Waals surface area contributed by atoms with Crippen LogP contribution in [0.25, 0.3) is 0 Å². The smallest absolute Gasteiger partial charge is 0.274 e. The minimum Gasteiger partial charge on any atom is -0.373 e. The summed E-state index contributed by atoms with van der Waals surface area (Å²) in [5.41, 5.74) is 0.615. The van der Waals surface area contributed by atoms with Crippen molar-refractivity contribution in [2.24, 2.45) is 5.41 Å². The Kier molecular flexibility index (Phi) is 4.53. The van der Waals surface area contributed by atoms with Crippen LogP contribution in [0.15, 0.2) is 12.1 Å². The first-order chi connectivity index (χ1) is 9.55. The van der Waals surface area contributed by atoms with Crippen molar-refractivity contribution in [1.82, 2.24) is 9.88 Å². The zero-order valence-electron chi connectivity index (χ0n) is 12.4. The van der Waals surface area contributed by atoms with Crippen molar-refractivity contribution in [2.45, 2.75) is 33.1 Å². The Morgan fingerprint density at radius 3 is 2.70 bits per heavy atom. The topological polar surface area (TPSA) is 45.2 Å². The zero-order chi connectivity index (χ0) is 14.8. The molecular formula is C15H22ClN3O. The molecule has 0 spiro atoms. The van der Waals surface area contributed by atoms with Gasteiger partial charge in [0.15, 0.2) is 0 Å². The van der Waals surface area contributed by atoms with Gasteiger partial charge in [-0.05, 0) is 36.8 Å². The van der Waals surface area contributed by atoms with Gasteiger partial charge in [-0.15, -0.1) is 0 Å². The normalized spacial score (nSPS) is 17.3. The molecule has 2 heterocycles. The van der Waals surface area contributed by atoms with Crippen LogP contribution in [-0.4, -0.2) is 35.9 Å². The summed E-state index contributed by atoms with van der Waals surface area (Å²) < 4.78 is 0. The van der Waals surface area contributed by atoms with E-state index in [0.29, 0.717) is 16.5 Å². The molecule has 20 heavy (non-hydrogen) atoms. The van der Waals surface area contributed by atoms with E-state index in [1.807, 2.05) is 4.90 Å². The maximum Gasteiger partial charge on any atom is 0.274 e. The maximum atomic E-state index is 12.6. The molecule has 1 fully saturated rings. The fourth-order valence-electron chi connectivity index (χ4n) is 2.82. The number of halogens is 1. The third-order valence-corrected chi connectivity index (χ3v) is 4.84. The average molecular weight is 296 g/mol. The minimum atomic E-state index is -0.0594. The number of nitrogens with one attached hydrogen (secondary N) is 1. The van der Waals surface area contributed by atoms with Crippen molar-refractivity contribution in [3.8, 4) is 0 Å². The van der Waals surface area contributed by atoms with Gasteiger partial charge in [0.25, 0.3) is 5.91 Å². The summed E-state index contributed by atoms with van der Waals surface area (Å²) in [5, 5.41) is 3.35. The first kappa shape index (κ1) is 15.1. The molecule has 5 heteroatoms. The van der Waals surface area contributed by atoms with Crippen molar-refractivity contribution < 1.29 is 4.79 Å². The maximum absolute atomic E-state index is 12.6. The molecule has 0 aromatic carbocycles. The number of pyridine rings is 1. The monoisotopic (exact) mass is 295 g/mol. The van der Waals surface area contributed by atoms with E-state index in [1.54, 1.807) is 19.2 Å². The Morgan fingerprint density at radius 1 is 1.45 bits per heavy atom. The van der Waals surface area contributed by atoms with Gasteiger partial charge in [0.05, 0.1) is 5.02 Å². The Morgan fingerprint density at radius 2 is 2.15 bits per heavy atom. The Balaban J connectivity index is 2.21. The van der Waals surface area contributed by atoms with Gasteiger partial charge in [0.2, 0.25) is 0 Å². The van der Waals surface area contributed by atoms with Crippen molar-refractivity contribution in [3.63, 3.8) is 0 Å². The average Bonchev–Trinajstić information content (AvgIpc) is 2.92. The predicted octanol–water partition coefficient (Wildman–Crippen LogP) is 3.43. The lowest BCUT2D eigenvalue weighted by Crippen LogP contribution is -2.32. The van der Waals surface area contributed by atoms with Gasteiger partial charge in [0, 0.05) is 20.1 Å². The van der Waals surface area contributed by atoms with E-state index in [2.05, 4.69) is 24.1 Å². The molecule has 4 nitrogen and oxygen atoms in total. The first-order valence-electron chi connectivity index (χ1n) is 7.19. The molecule has 1 aliphatic heterocycles. The fourth-order valence-corrected chi connectivity index (χ4v) is 3.00. The molecule has 0 saturated carbocycles. The molecule has 1 N–H and O–H groups in total. The van der Waals surface area contributed by atoms with Crippen LogP contribution < -0.4 is 5.32 Å². The molecule has 1 aliphatic rings. The van der Waals surface area contributed by atoms with E-state index in [-0.39, 0.29) is 11.3 Å². The lowest BCUT2D eigenvalue weighted by Gasteiger charge is -2.26. The lowest BCUT2D eigenvalue weighted by molar-refractivity contribution is 0.0764. The number of hydrogen-bond donors (Lipinski definition) is 1. The molecule has 0 atom stereocenters. The van der Waals surface area contributed by atoms with Crippen LogP contribution in [0.1, 0.15) is 43.6 Å². The SMILES string of the molecule is CCC1(CC)CCN(C(=O)c2nc(NC)ccc2Cl)C1. The molecule has 1 aromatic heterocycles. The Bertz CT molecular complexity index is 500. The number of amides is 1. The number of anilines is 1. The molecule has 1 amide bonds. The lowest BCUT2D eigenvalue weighted by atomic mass is 9.82. The quantitative estimate of drug-likeness (QED) is 0.925. The molecule has 0 aliphatic carbocycles. The van der Waals surface area contributed by atoms with Crippen LogP contribution in [0.2, 0.25) is 5.02 Å². The highest BCUT2D eigenvalue weighted by atomic mass is 35.5. The van der Waals surface area contributed by atoms with Crippen LogP contribution >= 0.6 is 11.6 Å². The van der Waals surface area contributed by atoms with E-state index in [1.165, 1.54) is 0 Å². The standard InChI is InChI=1S/C15H22ClN3O/c1-4-15(5-2)8-9-19(10-15)14(20)13-11(16)6-7-12(17-3)18-13/h6-7H,4-5,8-10H2,1-3H3,(H,17,18). The highest BCUT2D eigenvalue weighted by Gasteiger charge is 2.38. The second kappa shape index (κ2) is 6.00. The van der Waals surface area contributed by atoms with Crippen molar-refractivity contribution in [3.05, 3.63) is 22.8 Å². The van der Waals surface area contributed by atoms with E-state index in [4.69, 9.17) is 11.6 Å². The van der Waals surface area contributed by atoms with Crippen LogP contribution in [0.5, 0.6) is 0 Å². The molecule has 110 valence electrons. The summed E-state index contributed by atoms with van der Waals surface area (Å²) in [7, 11) is 1.78. The van der Waals surface area contributed by atoms with Crippen LogP contribution in [-0.2, 0) is 0 Å². The van der Waals surface area contributed by atoms with E-state index < -0.39 is 0 Å². The van der Waals surface area contributed by atoms with Gasteiger partial charge in [-0.3, -0.25) is 4.79 Å². The molecule has 2 rings (SSSR count).